The third-order valence-electron chi connectivity index (χ3n) is 9.74. The molecule has 0 N–H and O–H groups in total. The summed E-state index contributed by atoms with van der Waals surface area (Å²) >= 11 is 0. The highest BCUT2D eigenvalue weighted by atomic mass is 16.5. The van der Waals surface area contributed by atoms with Gasteiger partial charge in [0.1, 0.15) is 0 Å². The first-order chi connectivity index (χ1) is 21.8. The van der Waals surface area contributed by atoms with Gasteiger partial charge in [0.25, 0.3) is 0 Å². The summed E-state index contributed by atoms with van der Waals surface area (Å²) in [7, 11) is 0. The van der Waals surface area contributed by atoms with Gasteiger partial charge in [0, 0.05) is 6.42 Å². The first-order valence-corrected chi connectivity index (χ1v) is 21.0. The second kappa shape index (κ2) is 34.8. The molecule has 0 bridgehead atoms. The Hall–Kier alpha value is -0.530. The summed E-state index contributed by atoms with van der Waals surface area (Å²) in [5.41, 5.74) is 0.282. The van der Waals surface area contributed by atoms with Crippen molar-refractivity contribution in [1.29, 1.82) is 0 Å². The Balaban J connectivity index is 3.14. The fraction of sp³-hybridized carbons (Fsp3) is 0.977. The zero-order valence-corrected chi connectivity index (χ0v) is 32.1. The highest BCUT2D eigenvalue weighted by Gasteiger charge is 2.18. The van der Waals surface area contributed by atoms with Crippen molar-refractivity contribution in [2.75, 3.05) is 6.61 Å². The number of hydrogen-bond donors (Lipinski definition) is 0. The van der Waals surface area contributed by atoms with Gasteiger partial charge in [-0.1, -0.05) is 234 Å². The lowest BCUT2D eigenvalue weighted by molar-refractivity contribution is -0.144. The van der Waals surface area contributed by atoms with Crippen LogP contribution >= 0.6 is 0 Å². The van der Waals surface area contributed by atoms with Gasteiger partial charge in [-0.15, -0.1) is 0 Å². The van der Waals surface area contributed by atoms with Crippen LogP contribution in [0.25, 0.3) is 0 Å². The van der Waals surface area contributed by atoms with E-state index in [-0.39, 0.29) is 11.4 Å². The molecule has 0 heterocycles. The molecule has 0 aromatic rings. The summed E-state index contributed by atoms with van der Waals surface area (Å²) in [4.78, 5) is 12.0. The number of hydrogen-bond acceptors (Lipinski definition) is 2. The normalized spacial score (nSPS) is 12.6. The Morgan fingerprint density at radius 3 is 0.933 bits per heavy atom. The van der Waals surface area contributed by atoms with Crippen molar-refractivity contribution in [3.63, 3.8) is 0 Å². The van der Waals surface area contributed by atoms with E-state index in [1.807, 2.05) is 0 Å². The Kier molecular flexibility index (Phi) is 34.4. The minimum atomic E-state index is -0.00695. The van der Waals surface area contributed by atoms with Crippen molar-refractivity contribution in [2.24, 2.45) is 11.3 Å². The van der Waals surface area contributed by atoms with Crippen LogP contribution in [-0.4, -0.2) is 12.6 Å². The predicted octanol–water partition coefficient (Wildman–Crippen LogP) is 15.5. The van der Waals surface area contributed by atoms with Gasteiger partial charge in [0.05, 0.1) is 6.61 Å². The van der Waals surface area contributed by atoms with Crippen LogP contribution in [0.2, 0.25) is 0 Å². The molecule has 0 fully saturated rings. The molecular weight excluding hydrogens is 548 g/mol. The Morgan fingerprint density at radius 2 is 0.689 bits per heavy atom. The lowest BCUT2D eigenvalue weighted by atomic mass is 9.84. The molecule has 1 atom stereocenters. The Morgan fingerprint density at radius 1 is 0.444 bits per heavy atom. The smallest absolute Gasteiger partial charge is 0.306 e. The molecule has 0 spiro atoms. The molecule has 0 aromatic carbocycles. The molecule has 0 aliphatic rings. The number of carbonyl (C=O) groups excluding carboxylic acids is 1. The van der Waals surface area contributed by atoms with Crippen molar-refractivity contribution in [1.82, 2.24) is 0 Å². The van der Waals surface area contributed by atoms with Crippen molar-refractivity contribution in [3.05, 3.63) is 0 Å². The van der Waals surface area contributed by atoms with Crippen LogP contribution in [0.3, 0.4) is 0 Å². The molecule has 0 rings (SSSR count). The summed E-state index contributed by atoms with van der Waals surface area (Å²) < 4.78 is 5.45. The molecule has 45 heavy (non-hydrogen) atoms. The van der Waals surface area contributed by atoms with Crippen molar-refractivity contribution >= 4 is 5.97 Å². The fourth-order valence-electron chi connectivity index (χ4n) is 7.13. The van der Waals surface area contributed by atoms with Gasteiger partial charge in [-0.25, -0.2) is 0 Å². The highest BCUT2D eigenvalue weighted by molar-refractivity contribution is 5.69. The van der Waals surface area contributed by atoms with E-state index in [4.69, 9.17) is 4.74 Å². The van der Waals surface area contributed by atoms with E-state index in [2.05, 4.69) is 34.6 Å². The van der Waals surface area contributed by atoms with Crippen LogP contribution in [0.5, 0.6) is 0 Å². The minimum absolute atomic E-state index is 0.00695. The summed E-state index contributed by atoms with van der Waals surface area (Å²) in [6.07, 6.45) is 47.3. The lowest BCUT2D eigenvalue weighted by Crippen LogP contribution is -2.16. The average molecular weight is 635 g/mol. The first kappa shape index (κ1) is 44.5. The molecule has 270 valence electrons. The second-order valence-electron chi connectivity index (χ2n) is 16.3. The lowest BCUT2D eigenvalue weighted by Gasteiger charge is -2.22. The van der Waals surface area contributed by atoms with Gasteiger partial charge < -0.3 is 4.74 Å². The van der Waals surface area contributed by atoms with Gasteiger partial charge in [0.2, 0.25) is 0 Å². The van der Waals surface area contributed by atoms with Crippen molar-refractivity contribution in [3.8, 4) is 0 Å². The van der Waals surface area contributed by atoms with Crippen LogP contribution in [0, 0.1) is 11.3 Å². The number of unbranched alkanes of at least 4 members (excludes halogenated alkanes) is 31. The predicted molar refractivity (Wildman–Crippen MR) is 202 cm³/mol. The minimum Gasteiger partial charge on any atom is -0.466 e. The molecule has 0 radical (unpaired) electrons. The standard InChI is InChI=1S/C43H86O2/c1-6-7-8-9-10-11-12-13-14-15-16-17-18-19-20-21-22-23-24-25-26-27-28-29-30-31-32-33-34-35-36-37-38-45-42(44)39-41(2)40-43(3,4)5/h41H,6-40H2,1-5H3. The zero-order chi connectivity index (χ0) is 33.1. The fourth-order valence-corrected chi connectivity index (χ4v) is 7.13. The van der Waals surface area contributed by atoms with Crippen LogP contribution in [0.15, 0.2) is 0 Å². The molecule has 0 amide bonds. The molecule has 1 unspecified atom stereocenters. The third-order valence-corrected chi connectivity index (χ3v) is 9.74. The van der Waals surface area contributed by atoms with Crippen LogP contribution in [0.4, 0.5) is 0 Å². The topological polar surface area (TPSA) is 26.3 Å². The molecule has 0 saturated heterocycles. The molecule has 0 aliphatic carbocycles. The van der Waals surface area contributed by atoms with E-state index in [1.165, 1.54) is 199 Å². The van der Waals surface area contributed by atoms with E-state index < -0.39 is 0 Å². The number of carbonyl (C=O) groups is 1. The molecular formula is C43H86O2. The summed E-state index contributed by atoms with van der Waals surface area (Å²) in [5.74, 6) is 0.401. The van der Waals surface area contributed by atoms with E-state index in [0.717, 1.165) is 12.8 Å². The van der Waals surface area contributed by atoms with Gasteiger partial charge in [-0.3, -0.25) is 4.79 Å². The molecule has 2 heteroatoms. The van der Waals surface area contributed by atoms with Crippen molar-refractivity contribution < 1.29 is 9.53 Å². The first-order valence-electron chi connectivity index (χ1n) is 21.0. The number of esters is 1. The van der Waals surface area contributed by atoms with Crippen molar-refractivity contribution in [2.45, 2.75) is 253 Å². The van der Waals surface area contributed by atoms with E-state index in [1.54, 1.807) is 0 Å². The quantitative estimate of drug-likeness (QED) is 0.0506. The van der Waals surface area contributed by atoms with Gasteiger partial charge in [0.15, 0.2) is 0 Å². The molecule has 0 aliphatic heterocycles. The second-order valence-corrected chi connectivity index (χ2v) is 16.3. The zero-order valence-electron chi connectivity index (χ0n) is 32.1. The third kappa shape index (κ3) is 39.6. The summed E-state index contributed by atoms with van der Waals surface area (Å²) in [5, 5.41) is 0. The molecule has 2 nitrogen and oxygen atoms in total. The van der Waals surface area contributed by atoms with Crippen LogP contribution < -0.4 is 0 Å². The maximum Gasteiger partial charge on any atom is 0.306 e. The summed E-state index contributed by atoms with van der Waals surface area (Å²) in [6.45, 7) is 11.8. The van der Waals surface area contributed by atoms with Crippen LogP contribution in [-0.2, 0) is 9.53 Å². The SMILES string of the molecule is CCCCCCCCCCCCCCCCCCCCCCCCCCCCCCCCCCOC(=O)CC(C)CC(C)(C)C. The van der Waals surface area contributed by atoms with E-state index >= 15 is 0 Å². The Bertz CT molecular complexity index is 577. The monoisotopic (exact) mass is 635 g/mol. The average Bonchev–Trinajstić information content (AvgIpc) is 2.98. The maximum atomic E-state index is 12.0. The maximum absolute atomic E-state index is 12.0. The van der Waals surface area contributed by atoms with E-state index in [9.17, 15) is 4.79 Å². The van der Waals surface area contributed by atoms with Gasteiger partial charge >= 0.3 is 5.97 Å². The molecule has 0 saturated carbocycles. The summed E-state index contributed by atoms with van der Waals surface area (Å²) in [6, 6.07) is 0. The largest absolute Gasteiger partial charge is 0.466 e. The number of rotatable bonds is 36. The van der Waals surface area contributed by atoms with E-state index in [0.29, 0.717) is 18.9 Å². The van der Waals surface area contributed by atoms with Gasteiger partial charge in [-0.05, 0) is 24.2 Å². The Labute approximate surface area is 285 Å². The highest BCUT2D eigenvalue weighted by Crippen LogP contribution is 2.26. The molecule has 0 aromatic heterocycles. The van der Waals surface area contributed by atoms with Gasteiger partial charge in [-0.2, -0.15) is 0 Å². The van der Waals surface area contributed by atoms with Crippen LogP contribution in [0.1, 0.15) is 253 Å². The number of ether oxygens (including phenoxy) is 1.